The van der Waals surface area contributed by atoms with E-state index in [9.17, 15) is 4.79 Å². The van der Waals surface area contributed by atoms with Crippen LogP contribution >= 0.6 is 0 Å². The standard InChI is InChI=1S/C22H27N3O/c1-18-10-13-25(14-11-18)17-21-6-4-20(5-7-21)16-24-22(26)9-8-19-3-2-12-23-15-19/h2-9,12,15,18H,10-11,13-14,16-17H2,1H3,(H,24,26)/b9-8+. The molecule has 0 aliphatic carbocycles. The number of hydrogen-bond acceptors (Lipinski definition) is 3. The van der Waals surface area contributed by atoms with Gasteiger partial charge in [0.1, 0.15) is 0 Å². The predicted octanol–water partition coefficient (Wildman–Crippen LogP) is 3.64. The normalized spacial score (nSPS) is 16.0. The van der Waals surface area contributed by atoms with Gasteiger partial charge in [-0.25, -0.2) is 0 Å². The van der Waals surface area contributed by atoms with Crippen molar-refractivity contribution in [2.75, 3.05) is 13.1 Å². The first-order valence-electron chi connectivity index (χ1n) is 9.35. The molecule has 0 atom stereocenters. The van der Waals surface area contributed by atoms with E-state index in [0.717, 1.165) is 23.6 Å². The summed E-state index contributed by atoms with van der Waals surface area (Å²) in [6.45, 7) is 6.29. The van der Waals surface area contributed by atoms with Gasteiger partial charge in [0.25, 0.3) is 0 Å². The van der Waals surface area contributed by atoms with Crippen LogP contribution in [0.15, 0.2) is 54.9 Å². The zero-order valence-electron chi connectivity index (χ0n) is 15.4. The third-order valence-corrected chi connectivity index (χ3v) is 4.88. The summed E-state index contributed by atoms with van der Waals surface area (Å²) in [5, 5.41) is 2.92. The third-order valence-electron chi connectivity index (χ3n) is 4.88. The first-order valence-corrected chi connectivity index (χ1v) is 9.35. The molecule has 1 fully saturated rings. The lowest BCUT2D eigenvalue weighted by Crippen LogP contribution is -2.32. The number of aromatic nitrogens is 1. The number of carbonyl (C=O) groups is 1. The van der Waals surface area contributed by atoms with Gasteiger partial charge in [0.2, 0.25) is 5.91 Å². The van der Waals surface area contributed by atoms with Crippen molar-refractivity contribution in [3.05, 3.63) is 71.6 Å². The average Bonchev–Trinajstić information content (AvgIpc) is 2.68. The van der Waals surface area contributed by atoms with Crippen LogP contribution in [0.3, 0.4) is 0 Å². The summed E-state index contributed by atoms with van der Waals surface area (Å²) < 4.78 is 0. The molecule has 2 aromatic rings. The Labute approximate surface area is 155 Å². The van der Waals surface area contributed by atoms with Gasteiger partial charge in [-0.2, -0.15) is 0 Å². The van der Waals surface area contributed by atoms with Crippen LogP contribution in [-0.4, -0.2) is 28.9 Å². The van der Waals surface area contributed by atoms with Crippen LogP contribution in [0.4, 0.5) is 0 Å². The maximum Gasteiger partial charge on any atom is 0.244 e. The Morgan fingerprint density at radius 1 is 1.19 bits per heavy atom. The highest BCUT2D eigenvalue weighted by molar-refractivity contribution is 5.91. The molecule has 3 rings (SSSR count). The number of nitrogens with zero attached hydrogens (tertiary/aromatic N) is 2. The lowest BCUT2D eigenvalue weighted by atomic mass is 9.99. The minimum absolute atomic E-state index is 0.0969. The first-order chi connectivity index (χ1) is 12.7. The third kappa shape index (κ3) is 5.81. The van der Waals surface area contributed by atoms with E-state index in [0.29, 0.717) is 6.54 Å². The van der Waals surface area contributed by atoms with Gasteiger partial charge in [0.15, 0.2) is 0 Å². The Balaban J connectivity index is 1.44. The smallest absolute Gasteiger partial charge is 0.244 e. The van der Waals surface area contributed by atoms with Crippen molar-refractivity contribution in [1.82, 2.24) is 15.2 Å². The van der Waals surface area contributed by atoms with E-state index in [4.69, 9.17) is 0 Å². The van der Waals surface area contributed by atoms with E-state index in [-0.39, 0.29) is 5.91 Å². The molecule has 1 N–H and O–H groups in total. The number of benzene rings is 1. The average molecular weight is 349 g/mol. The maximum absolute atomic E-state index is 11.9. The predicted molar refractivity (Wildman–Crippen MR) is 105 cm³/mol. The van der Waals surface area contributed by atoms with E-state index in [1.54, 1.807) is 24.5 Å². The van der Waals surface area contributed by atoms with Crippen LogP contribution < -0.4 is 5.32 Å². The summed E-state index contributed by atoms with van der Waals surface area (Å²) in [6, 6.07) is 12.3. The molecule has 1 amide bonds. The van der Waals surface area contributed by atoms with Gasteiger partial charge in [-0.05, 0) is 60.7 Å². The highest BCUT2D eigenvalue weighted by Crippen LogP contribution is 2.18. The molecule has 4 heteroatoms. The molecule has 0 saturated carbocycles. The summed E-state index contributed by atoms with van der Waals surface area (Å²) in [5.74, 6) is 0.768. The topological polar surface area (TPSA) is 45.2 Å². The van der Waals surface area contributed by atoms with E-state index in [1.807, 2.05) is 12.1 Å². The minimum atomic E-state index is -0.0969. The van der Waals surface area contributed by atoms with Crippen LogP contribution in [0.5, 0.6) is 0 Å². The second-order valence-electron chi connectivity index (χ2n) is 7.11. The second-order valence-corrected chi connectivity index (χ2v) is 7.11. The summed E-state index contributed by atoms with van der Waals surface area (Å²) >= 11 is 0. The zero-order valence-corrected chi connectivity index (χ0v) is 15.4. The monoisotopic (exact) mass is 349 g/mol. The van der Waals surface area contributed by atoms with Crippen LogP contribution in [0.1, 0.15) is 36.5 Å². The van der Waals surface area contributed by atoms with Gasteiger partial charge in [-0.3, -0.25) is 14.7 Å². The molecule has 1 aliphatic heterocycles. The van der Waals surface area contributed by atoms with Crippen molar-refractivity contribution in [2.24, 2.45) is 5.92 Å². The fourth-order valence-corrected chi connectivity index (χ4v) is 3.14. The first kappa shape index (κ1) is 18.3. The van der Waals surface area contributed by atoms with Gasteiger partial charge in [-0.15, -0.1) is 0 Å². The van der Waals surface area contributed by atoms with Gasteiger partial charge in [0, 0.05) is 31.6 Å². The number of nitrogens with one attached hydrogen (secondary N) is 1. The van der Waals surface area contributed by atoms with E-state index in [1.165, 1.54) is 31.5 Å². The number of carbonyl (C=O) groups excluding carboxylic acids is 1. The Morgan fingerprint density at radius 3 is 2.62 bits per heavy atom. The van der Waals surface area contributed by atoms with Crippen LogP contribution in [-0.2, 0) is 17.9 Å². The molecule has 0 radical (unpaired) electrons. The molecular weight excluding hydrogens is 322 g/mol. The fraction of sp³-hybridized carbons (Fsp3) is 0.364. The molecular formula is C22H27N3O. The molecule has 1 aliphatic rings. The van der Waals surface area contributed by atoms with Gasteiger partial charge in [-0.1, -0.05) is 37.3 Å². The van der Waals surface area contributed by atoms with Crippen molar-refractivity contribution in [2.45, 2.75) is 32.9 Å². The van der Waals surface area contributed by atoms with Crippen molar-refractivity contribution >= 4 is 12.0 Å². The Bertz CT molecular complexity index is 717. The number of rotatable bonds is 6. The van der Waals surface area contributed by atoms with Crippen LogP contribution in [0.25, 0.3) is 6.08 Å². The Hall–Kier alpha value is -2.46. The molecule has 2 heterocycles. The molecule has 0 spiro atoms. The number of pyridine rings is 1. The van der Waals surface area contributed by atoms with Crippen LogP contribution in [0.2, 0.25) is 0 Å². The molecule has 1 aromatic heterocycles. The Kier molecular flexibility index (Phi) is 6.56. The quantitative estimate of drug-likeness (QED) is 0.810. The van der Waals surface area contributed by atoms with Gasteiger partial charge >= 0.3 is 0 Å². The molecule has 1 saturated heterocycles. The second kappa shape index (κ2) is 9.30. The summed E-state index contributed by atoms with van der Waals surface area (Å²) in [5.41, 5.74) is 3.37. The summed E-state index contributed by atoms with van der Waals surface area (Å²) in [4.78, 5) is 18.5. The molecule has 0 unspecified atom stereocenters. The van der Waals surface area contributed by atoms with Crippen molar-refractivity contribution < 1.29 is 4.79 Å². The minimum Gasteiger partial charge on any atom is -0.348 e. The number of amides is 1. The zero-order chi connectivity index (χ0) is 18.2. The number of piperidine rings is 1. The summed E-state index contributed by atoms with van der Waals surface area (Å²) in [6.07, 6.45) is 9.36. The van der Waals surface area contributed by atoms with Crippen molar-refractivity contribution in [1.29, 1.82) is 0 Å². The highest BCUT2D eigenvalue weighted by atomic mass is 16.1. The molecule has 0 bridgehead atoms. The highest BCUT2D eigenvalue weighted by Gasteiger charge is 2.15. The number of hydrogen-bond donors (Lipinski definition) is 1. The largest absolute Gasteiger partial charge is 0.348 e. The van der Waals surface area contributed by atoms with Crippen molar-refractivity contribution in [3.8, 4) is 0 Å². The maximum atomic E-state index is 11.9. The molecule has 26 heavy (non-hydrogen) atoms. The summed E-state index contributed by atoms with van der Waals surface area (Å²) in [7, 11) is 0. The van der Waals surface area contributed by atoms with Crippen LogP contribution in [0, 0.1) is 5.92 Å². The molecule has 1 aromatic carbocycles. The lowest BCUT2D eigenvalue weighted by Gasteiger charge is -2.30. The van der Waals surface area contributed by atoms with Gasteiger partial charge in [0.05, 0.1) is 0 Å². The Morgan fingerprint density at radius 2 is 1.92 bits per heavy atom. The van der Waals surface area contributed by atoms with Crippen molar-refractivity contribution in [3.63, 3.8) is 0 Å². The number of likely N-dealkylation sites (tertiary alicyclic amines) is 1. The van der Waals surface area contributed by atoms with Gasteiger partial charge < -0.3 is 5.32 Å². The van der Waals surface area contributed by atoms with E-state index < -0.39 is 0 Å². The SMILES string of the molecule is CC1CCN(Cc2ccc(CNC(=O)/C=C/c3cccnc3)cc2)CC1. The molecule has 4 nitrogen and oxygen atoms in total. The fourth-order valence-electron chi connectivity index (χ4n) is 3.14. The van der Waals surface area contributed by atoms with E-state index >= 15 is 0 Å². The molecule has 136 valence electrons. The van der Waals surface area contributed by atoms with E-state index in [2.05, 4.69) is 46.4 Å². The lowest BCUT2D eigenvalue weighted by molar-refractivity contribution is -0.116.